The summed E-state index contributed by atoms with van der Waals surface area (Å²) in [5, 5.41) is 6.73. The molecule has 1 rings (SSSR count). The Balaban J connectivity index is 0.00000576. The van der Waals surface area contributed by atoms with Crippen LogP contribution >= 0.6 is 24.0 Å². The molecular formula is C18H33IN4O2. The Morgan fingerprint density at radius 1 is 1.16 bits per heavy atom. The number of ether oxygens (including phenoxy) is 2. The van der Waals surface area contributed by atoms with E-state index in [1.807, 2.05) is 12.1 Å². The maximum atomic E-state index is 5.42. The van der Waals surface area contributed by atoms with Gasteiger partial charge >= 0.3 is 0 Å². The molecule has 0 aliphatic rings. The lowest BCUT2D eigenvalue weighted by Gasteiger charge is -2.26. The van der Waals surface area contributed by atoms with E-state index in [9.17, 15) is 0 Å². The quantitative estimate of drug-likeness (QED) is 0.255. The number of methoxy groups -OCH3 is 2. The molecule has 7 heteroatoms. The molecule has 2 N–H and O–H groups in total. The highest BCUT2D eigenvalue weighted by molar-refractivity contribution is 14.0. The van der Waals surface area contributed by atoms with Crippen molar-refractivity contribution in [3.8, 4) is 11.5 Å². The summed E-state index contributed by atoms with van der Waals surface area (Å²) in [5.41, 5.74) is 1.16. The minimum Gasteiger partial charge on any atom is -0.493 e. The number of benzene rings is 1. The first-order valence-corrected chi connectivity index (χ1v) is 8.40. The Morgan fingerprint density at radius 2 is 1.84 bits per heavy atom. The number of aliphatic imine (C=N–C) groups is 1. The van der Waals surface area contributed by atoms with Gasteiger partial charge in [0.05, 0.1) is 20.3 Å². The molecule has 0 heterocycles. The van der Waals surface area contributed by atoms with Gasteiger partial charge in [0.15, 0.2) is 17.5 Å². The highest BCUT2D eigenvalue weighted by Gasteiger charge is 2.17. The normalized spacial score (nSPS) is 12.4. The molecule has 0 radical (unpaired) electrons. The Morgan fingerprint density at radius 3 is 2.36 bits per heavy atom. The number of halogens is 1. The van der Waals surface area contributed by atoms with Crippen molar-refractivity contribution in [2.75, 3.05) is 48.5 Å². The van der Waals surface area contributed by atoms with Crippen LogP contribution in [-0.4, -0.2) is 59.3 Å². The fraction of sp³-hybridized carbons (Fsp3) is 0.611. The second kappa shape index (κ2) is 13.0. The summed E-state index contributed by atoms with van der Waals surface area (Å²) < 4.78 is 10.7. The number of hydrogen-bond acceptors (Lipinski definition) is 4. The predicted molar refractivity (Wildman–Crippen MR) is 116 cm³/mol. The molecule has 25 heavy (non-hydrogen) atoms. The molecule has 144 valence electrons. The maximum Gasteiger partial charge on any atom is 0.191 e. The topological polar surface area (TPSA) is 58.1 Å². The van der Waals surface area contributed by atoms with Crippen molar-refractivity contribution >= 4 is 29.9 Å². The molecule has 1 atom stereocenters. The van der Waals surface area contributed by atoms with E-state index < -0.39 is 0 Å². The van der Waals surface area contributed by atoms with Crippen LogP contribution in [-0.2, 0) is 0 Å². The molecule has 6 nitrogen and oxygen atoms in total. The van der Waals surface area contributed by atoms with Gasteiger partial charge in [0.1, 0.15) is 0 Å². The zero-order valence-electron chi connectivity index (χ0n) is 16.3. The Kier molecular flexibility index (Phi) is 12.4. The number of unbranched alkanes of at least 4 members (excludes halogenated alkanes) is 1. The van der Waals surface area contributed by atoms with Crippen LogP contribution in [0.3, 0.4) is 0 Å². The van der Waals surface area contributed by atoms with Crippen LogP contribution in [0.25, 0.3) is 0 Å². The summed E-state index contributed by atoms with van der Waals surface area (Å²) in [4.78, 5) is 6.45. The van der Waals surface area contributed by atoms with Crippen molar-refractivity contribution in [1.29, 1.82) is 0 Å². The van der Waals surface area contributed by atoms with E-state index in [0.29, 0.717) is 0 Å². The number of rotatable bonds is 9. The number of hydrogen-bond donors (Lipinski definition) is 2. The number of nitrogens with zero attached hydrogens (tertiary/aromatic N) is 2. The summed E-state index contributed by atoms with van der Waals surface area (Å²) >= 11 is 0. The summed E-state index contributed by atoms with van der Waals surface area (Å²) in [6, 6.07) is 6.23. The van der Waals surface area contributed by atoms with Crippen molar-refractivity contribution in [3.63, 3.8) is 0 Å². The fourth-order valence-corrected chi connectivity index (χ4v) is 2.46. The van der Waals surface area contributed by atoms with Crippen LogP contribution in [0.4, 0.5) is 0 Å². The molecule has 0 fully saturated rings. The number of nitrogens with one attached hydrogen (secondary N) is 2. The molecule has 1 aromatic rings. The van der Waals surface area contributed by atoms with Crippen molar-refractivity contribution in [2.24, 2.45) is 4.99 Å². The average Bonchev–Trinajstić information content (AvgIpc) is 2.59. The van der Waals surface area contributed by atoms with Crippen molar-refractivity contribution < 1.29 is 9.47 Å². The highest BCUT2D eigenvalue weighted by Crippen LogP contribution is 2.31. The van der Waals surface area contributed by atoms with Crippen molar-refractivity contribution in [1.82, 2.24) is 15.5 Å². The van der Waals surface area contributed by atoms with Gasteiger partial charge < -0.3 is 25.0 Å². The molecule has 0 bridgehead atoms. The largest absolute Gasteiger partial charge is 0.493 e. The lowest BCUT2D eigenvalue weighted by atomic mass is 10.1. The highest BCUT2D eigenvalue weighted by atomic mass is 127. The van der Waals surface area contributed by atoms with Gasteiger partial charge in [-0.15, -0.1) is 24.0 Å². The van der Waals surface area contributed by atoms with E-state index in [2.05, 4.69) is 47.6 Å². The van der Waals surface area contributed by atoms with Crippen molar-refractivity contribution in [3.05, 3.63) is 23.8 Å². The number of guanidine groups is 1. The Hall–Kier alpha value is -1.22. The van der Waals surface area contributed by atoms with Gasteiger partial charge in [0.2, 0.25) is 0 Å². The first kappa shape index (κ1) is 23.8. The molecule has 0 aliphatic carbocycles. The van der Waals surface area contributed by atoms with Crippen LogP contribution in [0.2, 0.25) is 0 Å². The lowest BCUT2D eigenvalue weighted by molar-refractivity contribution is 0.295. The molecule has 0 spiro atoms. The molecule has 1 aromatic carbocycles. The Bertz CT molecular complexity index is 524. The zero-order valence-corrected chi connectivity index (χ0v) is 18.6. The predicted octanol–water partition coefficient (Wildman–Crippen LogP) is 2.89. The number of likely N-dealkylation sites (N-methyl/N-ethyl adjacent to an activating group) is 1. The second-order valence-electron chi connectivity index (χ2n) is 5.83. The van der Waals surface area contributed by atoms with Gasteiger partial charge in [-0.1, -0.05) is 19.4 Å². The molecule has 0 saturated heterocycles. The van der Waals surface area contributed by atoms with Gasteiger partial charge in [-0.05, 0) is 38.2 Å². The zero-order chi connectivity index (χ0) is 17.9. The van der Waals surface area contributed by atoms with Gasteiger partial charge in [-0.3, -0.25) is 4.99 Å². The molecule has 0 aliphatic heterocycles. The smallest absolute Gasteiger partial charge is 0.191 e. The van der Waals surface area contributed by atoms with Crippen LogP contribution in [0, 0.1) is 0 Å². The van der Waals surface area contributed by atoms with Gasteiger partial charge in [-0.25, -0.2) is 0 Å². The van der Waals surface area contributed by atoms with E-state index >= 15 is 0 Å². The van der Waals surface area contributed by atoms with E-state index in [0.717, 1.165) is 49.0 Å². The van der Waals surface area contributed by atoms with E-state index in [1.54, 1.807) is 21.3 Å². The van der Waals surface area contributed by atoms with Crippen molar-refractivity contribution in [2.45, 2.75) is 25.8 Å². The lowest BCUT2D eigenvalue weighted by Crippen LogP contribution is -2.42. The average molecular weight is 464 g/mol. The standard InChI is InChI=1S/C18H32N4O2.HI/c1-7-8-11-20-18(19-2)21-13-15(22(3)4)14-9-10-16(23-5)17(12-14)24-6;/h9-10,12,15H,7-8,11,13H2,1-6H3,(H2,19,20,21);1H. The molecule has 0 amide bonds. The van der Waals surface area contributed by atoms with Crippen LogP contribution in [0.1, 0.15) is 31.4 Å². The van der Waals surface area contributed by atoms with E-state index in [-0.39, 0.29) is 30.0 Å². The maximum absolute atomic E-state index is 5.42. The minimum absolute atomic E-state index is 0. The first-order valence-electron chi connectivity index (χ1n) is 8.40. The first-order chi connectivity index (χ1) is 11.6. The van der Waals surface area contributed by atoms with E-state index in [1.165, 1.54) is 0 Å². The molecule has 0 aromatic heterocycles. The molecule has 0 saturated carbocycles. The van der Waals surface area contributed by atoms with Gasteiger partial charge in [0.25, 0.3) is 0 Å². The fourth-order valence-electron chi connectivity index (χ4n) is 2.46. The van der Waals surface area contributed by atoms with Gasteiger partial charge in [0, 0.05) is 20.1 Å². The third-order valence-corrected chi connectivity index (χ3v) is 3.92. The third kappa shape index (κ3) is 7.68. The van der Waals surface area contributed by atoms with Gasteiger partial charge in [-0.2, -0.15) is 0 Å². The molecule has 1 unspecified atom stereocenters. The monoisotopic (exact) mass is 464 g/mol. The molecular weight excluding hydrogens is 431 g/mol. The SMILES string of the molecule is CCCCNC(=NC)NCC(c1ccc(OC)c(OC)c1)N(C)C.I. The minimum atomic E-state index is 0. The van der Waals surface area contributed by atoms with E-state index in [4.69, 9.17) is 9.47 Å². The van der Waals surface area contributed by atoms with Crippen LogP contribution in [0.15, 0.2) is 23.2 Å². The van der Waals surface area contributed by atoms with Crippen LogP contribution < -0.4 is 20.1 Å². The summed E-state index contributed by atoms with van der Waals surface area (Å²) in [6.45, 7) is 3.85. The van der Waals surface area contributed by atoms with Crippen LogP contribution in [0.5, 0.6) is 11.5 Å². The summed E-state index contributed by atoms with van der Waals surface area (Å²) in [5.74, 6) is 2.31. The second-order valence-corrected chi connectivity index (χ2v) is 5.83. The summed E-state index contributed by atoms with van der Waals surface area (Å²) in [7, 11) is 9.23. The third-order valence-electron chi connectivity index (χ3n) is 3.92. The Labute approximate surface area is 169 Å². The summed E-state index contributed by atoms with van der Waals surface area (Å²) in [6.07, 6.45) is 2.30.